The van der Waals surface area contributed by atoms with Crippen LogP contribution < -0.4 is 15.5 Å². The molecule has 160 valence electrons. The number of thioether (sulfide) groups is 1. The minimum atomic E-state index is -0.620. The number of anilines is 2. The first-order chi connectivity index (χ1) is 14.5. The molecule has 0 unspecified atom stereocenters. The minimum Gasteiger partial charge on any atom is -0.337 e. The van der Waals surface area contributed by atoms with E-state index in [1.54, 1.807) is 35.1 Å². The summed E-state index contributed by atoms with van der Waals surface area (Å²) in [7, 11) is 0. The zero-order valence-electron chi connectivity index (χ0n) is 17.5. The molecule has 2 heterocycles. The van der Waals surface area contributed by atoms with Crippen molar-refractivity contribution in [2.45, 2.75) is 24.8 Å². The van der Waals surface area contributed by atoms with E-state index in [0.717, 1.165) is 10.6 Å². The van der Waals surface area contributed by atoms with Gasteiger partial charge in [0.05, 0.1) is 0 Å². The molecule has 8 nitrogen and oxygen atoms in total. The summed E-state index contributed by atoms with van der Waals surface area (Å²) >= 11 is 1.61. The molecule has 0 aliphatic carbocycles. The van der Waals surface area contributed by atoms with Crippen LogP contribution in [0.15, 0.2) is 47.6 Å². The van der Waals surface area contributed by atoms with E-state index in [2.05, 4.69) is 25.5 Å². The average molecular weight is 429 g/mol. The first kappa shape index (κ1) is 21.9. The van der Waals surface area contributed by atoms with Crippen molar-refractivity contribution in [3.05, 3.63) is 42.7 Å². The lowest BCUT2D eigenvalue weighted by molar-refractivity contribution is -0.118. The maximum atomic E-state index is 12.8. The highest BCUT2D eigenvalue weighted by atomic mass is 32.2. The fraction of sp³-hybridized carbons (Fsp3) is 0.429. The van der Waals surface area contributed by atoms with Crippen LogP contribution in [0.2, 0.25) is 0 Å². The van der Waals surface area contributed by atoms with E-state index < -0.39 is 6.04 Å². The Morgan fingerprint density at radius 2 is 1.77 bits per heavy atom. The van der Waals surface area contributed by atoms with Crippen LogP contribution in [0.25, 0.3) is 0 Å². The highest BCUT2D eigenvalue weighted by Crippen LogP contribution is 2.19. The second kappa shape index (κ2) is 10.3. The lowest BCUT2D eigenvalue weighted by Gasteiger charge is -2.35. The van der Waals surface area contributed by atoms with Gasteiger partial charge < -0.3 is 20.4 Å². The van der Waals surface area contributed by atoms with Gasteiger partial charge in [0.25, 0.3) is 0 Å². The van der Waals surface area contributed by atoms with Crippen molar-refractivity contribution in [3.8, 4) is 0 Å². The number of aromatic nitrogens is 2. The predicted octanol–water partition coefficient (Wildman–Crippen LogP) is 2.69. The first-order valence-electron chi connectivity index (χ1n) is 10.00. The van der Waals surface area contributed by atoms with Gasteiger partial charge in [0.2, 0.25) is 11.9 Å². The Kier molecular flexibility index (Phi) is 7.51. The molecular formula is C21H28N6O2S. The van der Waals surface area contributed by atoms with Crippen LogP contribution in [-0.4, -0.2) is 65.3 Å². The van der Waals surface area contributed by atoms with Gasteiger partial charge in [-0.3, -0.25) is 4.79 Å². The van der Waals surface area contributed by atoms with E-state index in [9.17, 15) is 9.59 Å². The third-order valence-corrected chi connectivity index (χ3v) is 5.69. The van der Waals surface area contributed by atoms with Crippen LogP contribution in [0.1, 0.15) is 13.8 Å². The van der Waals surface area contributed by atoms with Crippen molar-refractivity contribution in [1.29, 1.82) is 0 Å². The monoisotopic (exact) mass is 428 g/mol. The lowest BCUT2D eigenvalue weighted by Crippen LogP contribution is -2.56. The van der Waals surface area contributed by atoms with E-state index in [1.165, 1.54) is 0 Å². The molecule has 0 bridgehead atoms. The van der Waals surface area contributed by atoms with E-state index in [-0.39, 0.29) is 17.9 Å². The number of nitrogens with one attached hydrogen (secondary N) is 2. The minimum absolute atomic E-state index is 0.0447. The molecule has 1 saturated heterocycles. The summed E-state index contributed by atoms with van der Waals surface area (Å²) in [4.78, 5) is 39.0. The van der Waals surface area contributed by atoms with Gasteiger partial charge in [0.15, 0.2) is 0 Å². The molecule has 1 atom stereocenters. The molecule has 0 saturated carbocycles. The fourth-order valence-corrected chi connectivity index (χ4v) is 3.70. The summed E-state index contributed by atoms with van der Waals surface area (Å²) in [5.41, 5.74) is 0.725. The van der Waals surface area contributed by atoms with E-state index in [1.807, 2.05) is 44.4 Å². The molecule has 1 fully saturated rings. The van der Waals surface area contributed by atoms with Crippen molar-refractivity contribution in [2.75, 3.05) is 42.7 Å². The normalized spacial score (nSPS) is 15.1. The number of benzene rings is 1. The van der Waals surface area contributed by atoms with Crippen LogP contribution in [-0.2, 0) is 4.79 Å². The highest BCUT2D eigenvalue weighted by molar-refractivity contribution is 7.98. The average Bonchev–Trinajstić information content (AvgIpc) is 2.77. The van der Waals surface area contributed by atoms with Gasteiger partial charge in [-0.25, -0.2) is 14.8 Å². The molecule has 9 heteroatoms. The predicted molar refractivity (Wildman–Crippen MR) is 120 cm³/mol. The van der Waals surface area contributed by atoms with Crippen molar-refractivity contribution >= 4 is 35.3 Å². The fourth-order valence-electron chi connectivity index (χ4n) is 3.24. The number of hydrogen-bond donors (Lipinski definition) is 2. The van der Waals surface area contributed by atoms with Crippen LogP contribution in [0.5, 0.6) is 0 Å². The number of piperazine rings is 1. The van der Waals surface area contributed by atoms with Gasteiger partial charge in [-0.15, -0.1) is 11.8 Å². The zero-order valence-corrected chi connectivity index (χ0v) is 18.4. The summed E-state index contributed by atoms with van der Waals surface area (Å²) in [6.45, 7) is 6.24. The molecule has 2 N–H and O–H groups in total. The number of nitrogens with zero attached hydrogens (tertiary/aromatic N) is 4. The Morgan fingerprint density at radius 3 is 2.40 bits per heavy atom. The lowest BCUT2D eigenvalue weighted by atomic mass is 10.0. The quantitative estimate of drug-likeness (QED) is 0.688. The van der Waals surface area contributed by atoms with Gasteiger partial charge in [-0.1, -0.05) is 19.9 Å². The van der Waals surface area contributed by atoms with Crippen molar-refractivity contribution < 1.29 is 9.59 Å². The molecule has 3 rings (SSSR count). The molecule has 2 aromatic rings. The smallest absolute Gasteiger partial charge is 0.318 e. The Bertz CT molecular complexity index is 856. The van der Waals surface area contributed by atoms with E-state index in [4.69, 9.17) is 0 Å². The second-order valence-electron chi connectivity index (χ2n) is 7.42. The molecule has 0 radical (unpaired) electrons. The summed E-state index contributed by atoms with van der Waals surface area (Å²) in [6, 6.07) is 8.60. The summed E-state index contributed by atoms with van der Waals surface area (Å²) in [5, 5.41) is 5.83. The molecule has 1 aromatic heterocycles. The number of carbonyl (C=O) groups excluding carboxylic acids is 2. The number of amides is 3. The Balaban J connectivity index is 1.57. The second-order valence-corrected chi connectivity index (χ2v) is 8.29. The van der Waals surface area contributed by atoms with Gasteiger partial charge in [-0.05, 0) is 36.4 Å². The third-order valence-electron chi connectivity index (χ3n) is 4.97. The van der Waals surface area contributed by atoms with Crippen molar-refractivity contribution in [3.63, 3.8) is 0 Å². The molecule has 1 aliphatic heterocycles. The number of rotatable bonds is 6. The van der Waals surface area contributed by atoms with Crippen LogP contribution >= 0.6 is 11.8 Å². The Labute approximate surface area is 181 Å². The standard InChI is InChI=1S/C21H28N6O2S/c1-15(2)18(19(28)24-16-6-4-7-17(14-16)30-3)25-21(29)27-12-10-26(11-13-27)20-22-8-5-9-23-20/h4-9,14-15,18H,10-13H2,1-3H3,(H,24,28)(H,25,29)/t18-/m1/s1. The van der Waals surface area contributed by atoms with Gasteiger partial charge in [-0.2, -0.15) is 0 Å². The van der Waals surface area contributed by atoms with Crippen LogP contribution in [0, 0.1) is 5.92 Å². The molecule has 1 aliphatic rings. The molecule has 1 aromatic carbocycles. The van der Waals surface area contributed by atoms with Gasteiger partial charge >= 0.3 is 6.03 Å². The molecule has 30 heavy (non-hydrogen) atoms. The first-order valence-corrected chi connectivity index (χ1v) is 11.2. The third kappa shape index (κ3) is 5.63. The Morgan fingerprint density at radius 1 is 1.07 bits per heavy atom. The largest absolute Gasteiger partial charge is 0.337 e. The van der Waals surface area contributed by atoms with E-state index in [0.29, 0.717) is 32.1 Å². The van der Waals surface area contributed by atoms with Crippen LogP contribution in [0.3, 0.4) is 0 Å². The number of urea groups is 1. The van der Waals surface area contributed by atoms with E-state index >= 15 is 0 Å². The highest BCUT2D eigenvalue weighted by Gasteiger charge is 2.28. The van der Waals surface area contributed by atoms with Gasteiger partial charge in [0.1, 0.15) is 6.04 Å². The molecular weight excluding hydrogens is 400 g/mol. The SMILES string of the molecule is CSc1cccc(NC(=O)[C@H](NC(=O)N2CCN(c3ncccn3)CC2)C(C)C)c1. The van der Waals surface area contributed by atoms with Crippen molar-refractivity contribution in [2.24, 2.45) is 5.92 Å². The summed E-state index contributed by atoms with van der Waals surface area (Å²) < 4.78 is 0. The summed E-state index contributed by atoms with van der Waals surface area (Å²) in [6.07, 6.45) is 5.41. The zero-order chi connectivity index (χ0) is 21.5. The number of carbonyl (C=O) groups is 2. The topological polar surface area (TPSA) is 90.5 Å². The van der Waals surface area contributed by atoms with Crippen LogP contribution in [0.4, 0.5) is 16.4 Å². The maximum Gasteiger partial charge on any atom is 0.318 e. The maximum absolute atomic E-state index is 12.8. The van der Waals surface area contributed by atoms with Gasteiger partial charge in [0, 0.05) is 49.2 Å². The summed E-state index contributed by atoms with van der Waals surface area (Å²) in [5.74, 6) is 0.411. The molecule has 0 spiro atoms. The van der Waals surface area contributed by atoms with Crippen molar-refractivity contribution in [1.82, 2.24) is 20.2 Å². The molecule has 3 amide bonds. The Hall–Kier alpha value is -2.81. The number of hydrogen-bond acceptors (Lipinski definition) is 6.